The number of amides is 1. The van der Waals surface area contributed by atoms with Crippen LogP contribution in [0.25, 0.3) is 11.1 Å². The molecule has 31 heavy (non-hydrogen) atoms. The van der Waals surface area contributed by atoms with Gasteiger partial charge in [0.15, 0.2) is 0 Å². The first-order valence-electron chi connectivity index (χ1n) is 10.0. The molecule has 3 aromatic rings. The average Bonchev–Trinajstić information content (AvgIpc) is 3.12. The van der Waals surface area contributed by atoms with E-state index >= 15 is 0 Å². The van der Waals surface area contributed by atoms with Crippen LogP contribution in [-0.2, 0) is 9.53 Å². The van der Waals surface area contributed by atoms with Crippen LogP contribution in [-0.4, -0.2) is 25.3 Å². The van der Waals surface area contributed by atoms with Crippen LogP contribution in [0.4, 0.5) is 10.5 Å². The lowest BCUT2D eigenvalue weighted by Gasteiger charge is -2.14. The third-order valence-electron chi connectivity index (χ3n) is 5.12. The fraction of sp³-hybridized carbons (Fsp3) is 0.154. The molecule has 152 valence electrons. The standard InChI is InChI=1S/C26H20N2O3/c29-18-28-20-10-7-9-19(16-20)8-5-6-15-27-26(30)31-17-25-23-13-3-1-11-21(23)22-12-2-4-14-24(22)25/h1-4,7,9-14,16,25H,6,15,17H2,(H,27,30). The van der Waals surface area contributed by atoms with Crippen LogP contribution < -0.4 is 5.32 Å². The first-order valence-corrected chi connectivity index (χ1v) is 10.0. The van der Waals surface area contributed by atoms with Gasteiger partial charge in [0, 0.05) is 24.4 Å². The lowest BCUT2D eigenvalue weighted by Crippen LogP contribution is -2.26. The highest BCUT2D eigenvalue weighted by Gasteiger charge is 2.28. The number of carbonyl (C=O) groups is 1. The predicted molar refractivity (Wildman–Crippen MR) is 119 cm³/mol. The van der Waals surface area contributed by atoms with Crippen molar-refractivity contribution in [3.8, 4) is 23.0 Å². The minimum Gasteiger partial charge on any atom is -0.449 e. The van der Waals surface area contributed by atoms with Gasteiger partial charge in [0.1, 0.15) is 6.61 Å². The summed E-state index contributed by atoms with van der Waals surface area (Å²) in [5.41, 5.74) is 6.03. The fourth-order valence-electron chi connectivity index (χ4n) is 3.75. The SMILES string of the molecule is O=C=Nc1cccc(C#CCCNC(=O)OCC2c3ccccc3-c3ccccc32)c1. The molecule has 0 bridgehead atoms. The molecular weight excluding hydrogens is 388 g/mol. The molecule has 5 heteroatoms. The number of isocyanates is 1. The molecule has 1 amide bonds. The van der Waals surface area contributed by atoms with Gasteiger partial charge in [-0.2, -0.15) is 4.99 Å². The smallest absolute Gasteiger partial charge is 0.407 e. The number of hydrogen-bond donors (Lipinski definition) is 1. The highest BCUT2D eigenvalue weighted by molar-refractivity contribution is 5.79. The third-order valence-corrected chi connectivity index (χ3v) is 5.12. The lowest BCUT2D eigenvalue weighted by atomic mass is 9.98. The van der Waals surface area contributed by atoms with E-state index in [1.807, 2.05) is 30.3 Å². The van der Waals surface area contributed by atoms with Gasteiger partial charge in [-0.25, -0.2) is 9.59 Å². The molecule has 1 aliphatic carbocycles. The summed E-state index contributed by atoms with van der Waals surface area (Å²) in [5.74, 6) is 6.01. The second-order valence-corrected chi connectivity index (χ2v) is 7.06. The van der Waals surface area contributed by atoms with E-state index in [9.17, 15) is 9.59 Å². The molecule has 0 aliphatic heterocycles. The Morgan fingerprint density at radius 2 is 1.68 bits per heavy atom. The Morgan fingerprint density at radius 1 is 0.968 bits per heavy atom. The summed E-state index contributed by atoms with van der Waals surface area (Å²) >= 11 is 0. The van der Waals surface area contributed by atoms with E-state index in [4.69, 9.17) is 4.74 Å². The van der Waals surface area contributed by atoms with E-state index in [2.05, 4.69) is 46.4 Å². The molecule has 5 nitrogen and oxygen atoms in total. The number of hydrogen-bond acceptors (Lipinski definition) is 4. The highest BCUT2D eigenvalue weighted by atomic mass is 16.5. The molecular formula is C26H20N2O3. The van der Waals surface area contributed by atoms with Crippen molar-refractivity contribution in [2.24, 2.45) is 4.99 Å². The second kappa shape index (κ2) is 9.58. The predicted octanol–water partition coefficient (Wildman–Crippen LogP) is 4.93. The first-order chi connectivity index (χ1) is 15.3. The minimum atomic E-state index is -0.453. The number of ether oxygens (including phenoxy) is 1. The zero-order valence-electron chi connectivity index (χ0n) is 16.8. The number of aliphatic imine (C=N–C) groups is 1. The zero-order valence-corrected chi connectivity index (χ0v) is 16.8. The fourth-order valence-corrected chi connectivity index (χ4v) is 3.75. The molecule has 4 rings (SSSR count). The molecule has 3 aromatic carbocycles. The van der Waals surface area contributed by atoms with E-state index in [1.165, 1.54) is 28.3 Å². The number of nitrogens with zero attached hydrogens (tertiary/aromatic N) is 1. The molecule has 0 radical (unpaired) electrons. The van der Waals surface area contributed by atoms with Crippen LogP contribution in [0, 0.1) is 11.8 Å². The summed E-state index contributed by atoms with van der Waals surface area (Å²) in [5, 5.41) is 2.74. The molecule has 0 saturated carbocycles. The largest absolute Gasteiger partial charge is 0.449 e. The molecule has 0 aromatic heterocycles. The van der Waals surface area contributed by atoms with Crippen molar-refractivity contribution < 1.29 is 14.3 Å². The quantitative estimate of drug-likeness (QED) is 0.282. The third kappa shape index (κ3) is 4.72. The lowest BCUT2D eigenvalue weighted by molar-refractivity contribution is 0.143. The van der Waals surface area contributed by atoms with E-state index in [1.54, 1.807) is 18.2 Å². The van der Waals surface area contributed by atoms with Crippen molar-refractivity contribution in [1.82, 2.24) is 5.32 Å². The van der Waals surface area contributed by atoms with Crippen LogP contribution in [0.3, 0.4) is 0 Å². The van der Waals surface area contributed by atoms with Gasteiger partial charge >= 0.3 is 6.09 Å². The topological polar surface area (TPSA) is 67.8 Å². The monoisotopic (exact) mass is 408 g/mol. The molecule has 0 saturated heterocycles. The molecule has 0 atom stereocenters. The molecule has 0 fully saturated rings. The number of fused-ring (bicyclic) bond motifs is 3. The van der Waals surface area contributed by atoms with Crippen molar-refractivity contribution in [1.29, 1.82) is 0 Å². The molecule has 0 spiro atoms. The van der Waals surface area contributed by atoms with Gasteiger partial charge in [-0.15, -0.1) is 0 Å². The Balaban J connectivity index is 1.28. The van der Waals surface area contributed by atoms with Crippen LogP contribution in [0.5, 0.6) is 0 Å². The summed E-state index contributed by atoms with van der Waals surface area (Å²) < 4.78 is 5.50. The van der Waals surface area contributed by atoms with E-state index < -0.39 is 6.09 Å². The summed E-state index contributed by atoms with van der Waals surface area (Å²) in [7, 11) is 0. The van der Waals surface area contributed by atoms with Crippen molar-refractivity contribution in [3.63, 3.8) is 0 Å². The van der Waals surface area contributed by atoms with Crippen LogP contribution in [0.15, 0.2) is 77.8 Å². The Kier molecular flexibility index (Phi) is 6.23. The Bertz CT molecular complexity index is 1170. The van der Waals surface area contributed by atoms with Gasteiger partial charge in [-0.3, -0.25) is 0 Å². The van der Waals surface area contributed by atoms with E-state index in [0.29, 0.717) is 18.7 Å². The second-order valence-electron chi connectivity index (χ2n) is 7.06. The Morgan fingerprint density at radius 3 is 2.39 bits per heavy atom. The summed E-state index contributed by atoms with van der Waals surface area (Å²) in [4.78, 5) is 26.0. The first kappa shape index (κ1) is 20.2. The van der Waals surface area contributed by atoms with Crippen LogP contribution in [0.2, 0.25) is 0 Å². The van der Waals surface area contributed by atoms with Crippen molar-refractivity contribution in [3.05, 3.63) is 89.5 Å². The maximum absolute atomic E-state index is 12.1. The summed E-state index contributed by atoms with van der Waals surface area (Å²) in [6.45, 7) is 0.672. The number of benzene rings is 3. The van der Waals surface area contributed by atoms with Gasteiger partial charge in [-0.1, -0.05) is 66.4 Å². The van der Waals surface area contributed by atoms with Gasteiger partial charge in [0.25, 0.3) is 0 Å². The molecule has 1 aliphatic rings. The van der Waals surface area contributed by atoms with Gasteiger partial charge in [0.2, 0.25) is 6.08 Å². The van der Waals surface area contributed by atoms with Gasteiger partial charge < -0.3 is 10.1 Å². The van der Waals surface area contributed by atoms with Crippen LogP contribution in [0.1, 0.15) is 29.0 Å². The normalized spacial score (nSPS) is 11.4. The number of alkyl carbamates (subject to hydrolysis) is 1. The number of carbonyl (C=O) groups excluding carboxylic acids is 2. The minimum absolute atomic E-state index is 0.0410. The molecule has 0 heterocycles. The van der Waals surface area contributed by atoms with Gasteiger partial charge in [-0.05, 0) is 40.5 Å². The zero-order chi connectivity index (χ0) is 21.5. The van der Waals surface area contributed by atoms with Gasteiger partial charge in [0.05, 0.1) is 5.69 Å². The maximum atomic E-state index is 12.1. The van der Waals surface area contributed by atoms with Crippen molar-refractivity contribution in [2.45, 2.75) is 12.3 Å². The average molecular weight is 408 g/mol. The highest BCUT2D eigenvalue weighted by Crippen LogP contribution is 2.44. The number of nitrogens with one attached hydrogen (secondary N) is 1. The van der Waals surface area contributed by atoms with Crippen molar-refractivity contribution >= 4 is 17.9 Å². The molecule has 1 N–H and O–H groups in total. The Labute approximate surface area is 180 Å². The number of rotatable bonds is 5. The molecule has 0 unspecified atom stereocenters. The van der Waals surface area contributed by atoms with E-state index in [0.717, 1.165) is 5.56 Å². The Hall–Kier alpha value is -4.13. The van der Waals surface area contributed by atoms with Crippen LogP contribution >= 0.6 is 0 Å². The summed E-state index contributed by atoms with van der Waals surface area (Å²) in [6, 6.07) is 23.5. The maximum Gasteiger partial charge on any atom is 0.407 e. The van der Waals surface area contributed by atoms with E-state index in [-0.39, 0.29) is 12.5 Å². The summed E-state index contributed by atoms with van der Waals surface area (Å²) in [6.07, 6.45) is 1.53. The van der Waals surface area contributed by atoms with Crippen molar-refractivity contribution in [2.75, 3.05) is 13.2 Å².